The third-order valence-corrected chi connectivity index (χ3v) is 2.31. The fraction of sp³-hybridized carbons (Fsp3) is 0.462. The highest BCUT2D eigenvalue weighted by Crippen LogP contribution is 2.07. The molecule has 1 amide bonds. The number of nitrogens with one attached hydrogen (secondary N) is 2. The minimum atomic E-state index is -0.186. The molecule has 0 aliphatic rings. The molecular weight excluding hydrogens is 216 g/mol. The van der Waals surface area contributed by atoms with Gasteiger partial charge in [0.15, 0.2) is 0 Å². The van der Waals surface area contributed by atoms with Crippen molar-refractivity contribution in [3.63, 3.8) is 0 Å². The molecular formula is C13H20N2O2. The van der Waals surface area contributed by atoms with Crippen molar-refractivity contribution >= 4 is 5.91 Å². The van der Waals surface area contributed by atoms with Crippen molar-refractivity contribution in [1.82, 2.24) is 10.6 Å². The van der Waals surface area contributed by atoms with Crippen LogP contribution < -0.4 is 15.4 Å². The average molecular weight is 236 g/mol. The van der Waals surface area contributed by atoms with Gasteiger partial charge in [-0.25, -0.2) is 0 Å². The maximum absolute atomic E-state index is 11.4. The Bertz CT molecular complexity index is 327. The highest BCUT2D eigenvalue weighted by molar-refractivity contribution is 5.81. The first kappa shape index (κ1) is 13.5. The number of benzene rings is 1. The fourth-order valence-corrected chi connectivity index (χ4v) is 1.38. The highest BCUT2D eigenvalue weighted by atomic mass is 16.5. The van der Waals surface area contributed by atoms with Gasteiger partial charge < -0.3 is 15.4 Å². The molecule has 0 fully saturated rings. The van der Waals surface area contributed by atoms with Gasteiger partial charge in [0.05, 0.1) is 6.04 Å². The molecule has 0 aliphatic carbocycles. The number of carbonyl (C=O) groups is 1. The molecule has 0 radical (unpaired) electrons. The van der Waals surface area contributed by atoms with E-state index in [9.17, 15) is 4.79 Å². The number of hydrogen-bond acceptors (Lipinski definition) is 3. The second-order valence-electron chi connectivity index (χ2n) is 3.73. The van der Waals surface area contributed by atoms with Crippen molar-refractivity contribution in [3.05, 3.63) is 30.3 Å². The van der Waals surface area contributed by atoms with Crippen LogP contribution in [0.4, 0.5) is 0 Å². The van der Waals surface area contributed by atoms with Crippen LogP contribution in [0.2, 0.25) is 0 Å². The van der Waals surface area contributed by atoms with Crippen molar-refractivity contribution < 1.29 is 9.53 Å². The van der Waals surface area contributed by atoms with Crippen LogP contribution in [0.15, 0.2) is 30.3 Å². The highest BCUT2D eigenvalue weighted by Gasteiger charge is 2.09. The monoisotopic (exact) mass is 236 g/mol. The first-order chi connectivity index (χ1) is 8.24. The number of amides is 1. The van der Waals surface area contributed by atoms with E-state index in [1.807, 2.05) is 44.2 Å². The predicted octanol–water partition coefficient (Wildman–Crippen LogP) is 1.18. The summed E-state index contributed by atoms with van der Waals surface area (Å²) in [5, 5.41) is 5.86. The van der Waals surface area contributed by atoms with E-state index in [1.54, 1.807) is 0 Å². The summed E-state index contributed by atoms with van der Waals surface area (Å²) in [7, 11) is 0. The zero-order valence-corrected chi connectivity index (χ0v) is 10.4. The Morgan fingerprint density at radius 3 is 2.71 bits per heavy atom. The number of ether oxygens (including phenoxy) is 1. The first-order valence-corrected chi connectivity index (χ1v) is 5.93. The Hall–Kier alpha value is -1.55. The van der Waals surface area contributed by atoms with Gasteiger partial charge in [-0.2, -0.15) is 0 Å². The second kappa shape index (κ2) is 7.68. The van der Waals surface area contributed by atoms with Crippen molar-refractivity contribution in [3.8, 4) is 5.75 Å². The summed E-state index contributed by atoms with van der Waals surface area (Å²) >= 11 is 0. The van der Waals surface area contributed by atoms with E-state index >= 15 is 0 Å². The maximum atomic E-state index is 11.4. The van der Waals surface area contributed by atoms with Gasteiger partial charge in [-0.3, -0.25) is 4.79 Å². The summed E-state index contributed by atoms with van der Waals surface area (Å²) in [5.41, 5.74) is 0. The third kappa shape index (κ3) is 5.36. The lowest BCUT2D eigenvalue weighted by Gasteiger charge is -2.13. The molecule has 0 saturated heterocycles. The zero-order chi connectivity index (χ0) is 12.5. The van der Waals surface area contributed by atoms with E-state index in [0.29, 0.717) is 19.7 Å². The minimum absolute atomic E-state index is 0.0206. The molecule has 0 bridgehead atoms. The van der Waals surface area contributed by atoms with E-state index < -0.39 is 0 Å². The summed E-state index contributed by atoms with van der Waals surface area (Å²) in [5.74, 6) is 0.868. The van der Waals surface area contributed by atoms with Crippen LogP contribution in [0, 0.1) is 0 Å². The van der Waals surface area contributed by atoms with Gasteiger partial charge >= 0.3 is 0 Å². The summed E-state index contributed by atoms with van der Waals surface area (Å²) in [6.45, 7) is 5.60. The molecule has 1 atom stereocenters. The van der Waals surface area contributed by atoms with Gasteiger partial charge in [0.2, 0.25) is 5.91 Å². The van der Waals surface area contributed by atoms with Crippen LogP contribution in [0.5, 0.6) is 5.75 Å². The van der Waals surface area contributed by atoms with Crippen LogP contribution in [-0.2, 0) is 4.79 Å². The Balaban J connectivity index is 2.14. The molecule has 94 valence electrons. The van der Waals surface area contributed by atoms with Crippen molar-refractivity contribution in [2.75, 3.05) is 19.7 Å². The van der Waals surface area contributed by atoms with Gasteiger partial charge in [-0.1, -0.05) is 18.2 Å². The molecule has 0 saturated carbocycles. The maximum Gasteiger partial charge on any atom is 0.236 e. The lowest BCUT2D eigenvalue weighted by Crippen LogP contribution is -2.43. The quantitative estimate of drug-likeness (QED) is 0.699. The molecule has 0 aliphatic heterocycles. The summed E-state index contributed by atoms with van der Waals surface area (Å²) in [6, 6.07) is 9.44. The number of para-hydroxylation sites is 1. The Morgan fingerprint density at radius 1 is 1.35 bits per heavy atom. The van der Waals surface area contributed by atoms with Crippen molar-refractivity contribution in [2.45, 2.75) is 19.9 Å². The van der Waals surface area contributed by atoms with E-state index in [2.05, 4.69) is 10.6 Å². The number of carbonyl (C=O) groups excluding carboxylic acids is 1. The lowest BCUT2D eigenvalue weighted by molar-refractivity contribution is -0.122. The molecule has 0 spiro atoms. The fourth-order valence-electron chi connectivity index (χ4n) is 1.38. The van der Waals surface area contributed by atoms with E-state index in [0.717, 1.165) is 5.75 Å². The smallest absolute Gasteiger partial charge is 0.236 e. The normalized spacial score (nSPS) is 11.9. The molecule has 1 aromatic rings. The molecule has 1 aromatic carbocycles. The molecule has 1 unspecified atom stereocenters. The van der Waals surface area contributed by atoms with Crippen LogP contribution in [0.1, 0.15) is 13.8 Å². The first-order valence-electron chi connectivity index (χ1n) is 5.93. The van der Waals surface area contributed by atoms with E-state index in [4.69, 9.17) is 4.74 Å². The van der Waals surface area contributed by atoms with Gasteiger partial charge in [0.1, 0.15) is 12.4 Å². The summed E-state index contributed by atoms with van der Waals surface area (Å²) < 4.78 is 5.50. The molecule has 2 N–H and O–H groups in total. The number of hydrogen-bond donors (Lipinski definition) is 2. The van der Waals surface area contributed by atoms with Crippen LogP contribution >= 0.6 is 0 Å². The molecule has 4 nitrogen and oxygen atoms in total. The Morgan fingerprint density at radius 2 is 2.06 bits per heavy atom. The van der Waals surface area contributed by atoms with Gasteiger partial charge in [0.25, 0.3) is 0 Å². The van der Waals surface area contributed by atoms with Crippen LogP contribution in [-0.4, -0.2) is 31.6 Å². The van der Waals surface area contributed by atoms with Crippen molar-refractivity contribution in [1.29, 1.82) is 0 Å². The average Bonchev–Trinajstić information content (AvgIpc) is 2.36. The summed E-state index contributed by atoms with van der Waals surface area (Å²) in [4.78, 5) is 11.4. The Kier molecular flexibility index (Phi) is 6.10. The third-order valence-electron chi connectivity index (χ3n) is 2.31. The molecule has 17 heavy (non-hydrogen) atoms. The minimum Gasteiger partial charge on any atom is -0.492 e. The number of likely N-dealkylation sites (N-methyl/N-ethyl adjacent to an activating group) is 1. The topological polar surface area (TPSA) is 50.4 Å². The van der Waals surface area contributed by atoms with Gasteiger partial charge in [-0.05, 0) is 26.0 Å². The molecule has 4 heteroatoms. The zero-order valence-electron chi connectivity index (χ0n) is 10.4. The molecule has 0 heterocycles. The van der Waals surface area contributed by atoms with Crippen LogP contribution in [0.25, 0.3) is 0 Å². The van der Waals surface area contributed by atoms with Crippen molar-refractivity contribution in [2.24, 2.45) is 0 Å². The van der Waals surface area contributed by atoms with E-state index in [-0.39, 0.29) is 11.9 Å². The van der Waals surface area contributed by atoms with Crippen LogP contribution in [0.3, 0.4) is 0 Å². The standard InChI is InChI=1S/C13H20N2O2/c1-3-14-13(16)11(2)15-9-10-17-12-7-5-4-6-8-12/h4-8,11,15H,3,9-10H2,1-2H3,(H,14,16). The van der Waals surface area contributed by atoms with E-state index in [1.165, 1.54) is 0 Å². The summed E-state index contributed by atoms with van der Waals surface area (Å²) in [6.07, 6.45) is 0. The second-order valence-corrected chi connectivity index (χ2v) is 3.73. The molecule has 0 aromatic heterocycles. The largest absolute Gasteiger partial charge is 0.492 e. The predicted molar refractivity (Wildman–Crippen MR) is 68.1 cm³/mol. The number of rotatable bonds is 7. The Labute approximate surface area is 102 Å². The SMILES string of the molecule is CCNC(=O)C(C)NCCOc1ccccc1. The molecule has 1 rings (SSSR count). The van der Waals surface area contributed by atoms with Gasteiger partial charge in [0, 0.05) is 13.1 Å². The lowest BCUT2D eigenvalue weighted by atomic mass is 10.3. The van der Waals surface area contributed by atoms with Gasteiger partial charge in [-0.15, -0.1) is 0 Å².